The van der Waals surface area contributed by atoms with Gasteiger partial charge in [-0.05, 0) is 49.6 Å². The fourth-order valence-corrected chi connectivity index (χ4v) is 5.55. The summed E-state index contributed by atoms with van der Waals surface area (Å²) in [4.78, 5) is 4.56. The Morgan fingerprint density at radius 2 is 1.45 bits per heavy atom. The van der Waals surface area contributed by atoms with Crippen LogP contribution in [0, 0.1) is 6.92 Å². The van der Waals surface area contributed by atoms with E-state index >= 15 is 0 Å². The third kappa shape index (κ3) is 4.02. The van der Waals surface area contributed by atoms with Crippen molar-refractivity contribution in [1.82, 2.24) is 14.5 Å². The number of aryl methyl sites for hydroxylation is 1. The molecule has 3 heterocycles. The number of rotatable bonds is 5. The lowest BCUT2D eigenvalue weighted by Crippen LogP contribution is -2.49. The zero-order valence-electron chi connectivity index (χ0n) is 16.9. The summed E-state index contributed by atoms with van der Waals surface area (Å²) in [5.41, 5.74) is 0.886. The Bertz CT molecular complexity index is 951. The van der Waals surface area contributed by atoms with E-state index in [2.05, 4.69) is 20.0 Å². The van der Waals surface area contributed by atoms with Gasteiger partial charge in [0.1, 0.15) is 10.6 Å². The van der Waals surface area contributed by atoms with Crippen LogP contribution in [0.5, 0.6) is 5.75 Å². The molecule has 0 saturated carbocycles. The molecule has 0 spiro atoms. The van der Waals surface area contributed by atoms with Crippen LogP contribution in [0.15, 0.2) is 35.2 Å². The van der Waals surface area contributed by atoms with E-state index in [1.807, 2.05) is 25.1 Å². The number of hydrogen-bond donors (Lipinski definition) is 0. The zero-order valence-corrected chi connectivity index (χ0v) is 17.7. The van der Waals surface area contributed by atoms with Crippen molar-refractivity contribution in [2.24, 2.45) is 0 Å². The van der Waals surface area contributed by atoms with Gasteiger partial charge in [-0.3, -0.25) is 0 Å². The van der Waals surface area contributed by atoms with Gasteiger partial charge in [-0.1, -0.05) is 6.07 Å². The molecule has 1 aromatic carbocycles. The summed E-state index contributed by atoms with van der Waals surface area (Å²) in [7, 11) is -2.12. The van der Waals surface area contributed by atoms with Gasteiger partial charge in [0.2, 0.25) is 10.0 Å². The Balaban J connectivity index is 1.44. The van der Waals surface area contributed by atoms with Crippen molar-refractivity contribution >= 4 is 21.7 Å². The van der Waals surface area contributed by atoms with Crippen LogP contribution in [0.25, 0.3) is 0 Å². The van der Waals surface area contributed by atoms with Crippen molar-refractivity contribution in [2.75, 3.05) is 56.2 Å². The van der Waals surface area contributed by atoms with Crippen LogP contribution in [0.3, 0.4) is 0 Å². The molecule has 8 nitrogen and oxygen atoms in total. The standard InChI is InChI=1S/C20H27N5O3S/c1-16-5-6-17(28-2)18(15-16)29(26,27)25-13-11-24(12-14-25)20-8-7-19(21-22-20)23-9-3-4-10-23/h5-8,15H,3-4,9-14H2,1-2H3. The number of anilines is 2. The van der Waals surface area contributed by atoms with Crippen molar-refractivity contribution in [3.63, 3.8) is 0 Å². The van der Waals surface area contributed by atoms with Crippen molar-refractivity contribution in [2.45, 2.75) is 24.7 Å². The molecule has 2 aliphatic heterocycles. The van der Waals surface area contributed by atoms with Crippen LogP contribution >= 0.6 is 0 Å². The molecule has 9 heteroatoms. The number of aromatic nitrogens is 2. The maximum atomic E-state index is 13.1. The van der Waals surface area contributed by atoms with Gasteiger partial charge in [0, 0.05) is 39.3 Å². The third-order valence-corrected chi connectivity index (χ3v) is 7.49. The first-order chi connectivity index (χ1) is 14.0. The lowest BCUT2D eigenvalue weighted by molar-refractivity contribution is 0.373. The second-order valence-electron chi connectivity index (χ2n) is 7.49. The molecule has 0 atom stereocenters. The second-order valence-corrected chi connectivity index (χ2v) is 9.40. The van der Waals surface area contributed by atoms with Gasteiger partial charge in [0.05, 0.1) is 7.11 Å². The molecule has 1 aromatic heterocycles. The lowest BCUT2D eigenvalue weighted by Gasteiger charge is -2.34. The molecule has 0 amide bonds. The highest BCUT2D eigenvalue weighted by atomic mass is 32.2. The molecule has 2 fully saturated rings. The summed E-state index contributed by atoms with van der Waals surface area (Å²) in [6.45, 7) is 5.89. The van der Waals surface area contributed by atoms with E-state index in [9.17, 15) is 8.42 Å². The lowest BCUT2D eigenvalue weighted by atomic mass is 10.2. The number of ether oxygens (including phenoxy) is 1. The van der Waals surface area contributed by atoms with Gasteiger partial charge in [-0.15, -0.1) is 10.2 Å². The number of piperazine rings is 1. The van der Waals surface area contributed by atoms with Crippen LogP contribution in [0.1, 0.15) is 18.4 Å². The van der Waals surface area contributed by atoms with Crippen LogP contribution in [-0.4, -0.2) is 69.3 Å². The van der Waals surface area contributed by atoms with Crippen LogP contribution < -0.4 is 14.5 Å². The summed E-state index contributed by atoms with van der Waals surface area (Å²) in [5.74, 6) is 2.08. The molecule has 4 rings (SSSR count). The van der Waals surface area contributed by atoms with Crippen molar-refractivity contribution in [3.8, 4) is 5.75 Å². The minimum absolute atomic E-state index is 0.225. The molecule has 29 heavy (non-hydrogen) atoms. The fraction of sp³-hybridized carbons (Fsp3) is 0.500. The molecule has 0 radical (unpaired) electrons. The first-order valence-electron chi connectivity index (χ1n) is 9.97. The Morgan fingerprint density at radius 1 is 0.862 bits per heavy atom. The van der Waals surface area contributed by atoms with Crippen molar-refractivity contribution in [3.05, 3.63) is 35.9 Å². The highest BCUT2D eigenvalue weighted by molar-refractivity contribution is 7.89. The minimum atomic E-state index is -3.61. The number of methoxy groups -OCH3 is 1. The summed E-state index contributed by atoms with van der Waals surface area (Å²) in [5, 5.41) is 8.75. The minimum Gasteiger partial charge on any atom is -0.495 e. The first kappa shape index (κ1) is 19.9. The summed E-state index contributed by atoms with van der Waals surface area (Å²) >= 11 is 0. The van der Waals surface area contributed by atoms with Crippen LogP contribution in [-0.2, 0) is 10.0 Å². The summed E-state index contributed by atoms with van der Waals surface area (Å²) in [6, 6.07) is 9.21. The van der Waals surface area contributed by atoms with Crippen LogP contribution in [0.4, 0.5) is 11.6 Å². The zero-order chi connectivity index (χ0) is 20.4. The molecule has 2 aromatic rings. The number of sulfonamides is 1. The topological polar surface area (TPSA) is 78.9 Å². The van der Waals surface area contributed by atoms with E-state index in [1.165, 1.54) is 24.3 Å². The average molecular weight is 418 g/mol. The number of nitrogens with zero attached hydrogens (tertiary/aromatic N) is 5. The molecular weight excluding hydrogens is 390 g/mol. The highest BCUT2D eigenvalue weighted by Gasteiger charge is 2.31. The Labute approximate surface area is 172 Å². The fourth-order valence-electron chi connectivity index (χ4n) is 3.88. The predicted molar refractivity (Wildman–Crippen MR) is 112 cm³/mol. The molecule has 156 valence electrons. The Hall–Kier alpha value is -2.39. The first-order valence-corrected chi connectivity index (χ1v) is 11.4. The molecule has 0 aliphatic carbocycles. The quantitative estimate of drug-likeness (QED) is 0.735. The SMILES string of the molecule is COc1ccc(C)cc1S(=O)(=O)N1CCN(c2ccc(N3CCCC3)nn2)CC1. The number of benzene rings is 1. The van der Waals surface area contributed by atoms with E-state index in [1.54, 1.807) is 12.1 Å². The van der Waals surface area contributed by atoms with E-state index in [0.29, 0.717) is 31.9 Å². The molecule has 2 saturated heterocycles. The van der Waals surface area contributed by atoms with Gasteiger partial charge in [0.15, 0.2) is 11.6 Å². The summed E-state index contributed by atoms with van der Waals surface area (Å²) < 4.78 is 33.1. The smallest absolute Gasteiger partial charge is 0.246 e. The molecule has 0 unspecified atom stereocenters. The third-order valence-electron chi connectivity index (χ3n) is 5.57. The number of hydrogen-bond acceptors (Lipinski definition) is 7. The van der Waals surface area contributed by atoms with Crippen molar-refractivity contribution < 1.29 is 13.2 Å². The van der Waals surface area contributed by atoms with E-state index in [0.717, 1.165) is 30.3 Å². The van der Waals surface area contributed by atoms with Gasteiger partial charge in [0.25, 0.3) is 0 Å². The monoisotopic (exact) mass is 417 g/mol. The van der Waals surface area contributed by atoms with Gasteiger partial charge < -0.3 is 14.5 Å². The van der Waals surface area contributed by atoms with E-state index in [-0.39, 0.29) is 4.90 Å². The van der Waals surface area contributed by atoms with Gasteiger partial charge in [-0.25, -0.2) is 8.42 Å². The normalized spacial score (nSPS) is 18.3. The van der Waals surface area contributed by atoms with Gasteiger partial charge >= 0.3 is 0 Å². The Morgan fingerprint density at radius 3 is 2.00 bits per heavy atom. The summed E-state index contributed by atoms with van der Waals surface area (Å²) in [6.07, 6.45) is 2.40. The highest BCUT2D eigenvalue weighted by Crippen LogP contribution is 2.29. The van der Waals surface area contributed by atoms with Crippen LogP contribution in [0.2, 0.25) is 0 Å². The predicted octanol–water partition coefficient (Wildman–Crippen LogP) is 1.90. The molecular formula is C20H27N5O3S. The van der Waals surface area contributed by atoms with E-state index < -0.39 is 10.0 Å². The molecule has 2 aliphatic rings. The Kier molecular flexibility index (Phi) is 5.60. The second kappa shape index (κ2) is 8.16. The van der Waals surface area contributed by atoms with E-state index in [4.69, 9.17) is 4.74 Å². The molecule has 0 bridgehead atoms. The molecule has 0 N–H and O–H groups in total. The van der Waals surface area contributed by atoms with Crippen molar-refractivity contribution in [1.29, 1.82) is 0 Å². The average Bonchev–Trinajstić information content (AvgIpc) is 3.29. The maximum absolute atomic E-state index is 13.1. The maximum Gasteiger partial charge on any atom is 0.246 e. The largest absolute Gasteiger partial charge is 0.495 e. The van der Waals surface area contributed by atoms with Gasteiger partial charge in [-0.2, -0.15) is 4.31 Å².